The van der Waals surface area contributed by atoms with Crippen molar-refractivity contribution in [3.8, 4) is 0 Å². The van der Waals surface area contributed by atoms with Crippen LogP contribution in [-0.4, -0.2) is 42.4 Å². The van der Waals surface area contributed by atoms with Crippen LogP contribution < -0.4 is 0 Å². The summed E-state index contributed by atoms with van der Waals surface area (Å²) >= 11 is 0. The molecule has 19 heteroatoms. The molecule has 3 aliphatic rings. The van der Waals surface area contributed by atoms with Crippen LogP contribution in [0.1, 0.15) is 115 Å². The molecule has 12 rings (SSSR count). The van der Waals surface area contributed by atoms with E-state index < -0.39 is 71.7 Å². The molecule has 0 radical (unpaired) electrons. The van der Waals surface area contributed by atoms with Crippen LogP contribution in [0.15, 0.2) is 311 Å². The summed E-state index contributed by atoms with van der Waals surface area (Å²) in [6, 6.07) is 95.6. The number of hydrogen-bond acceptors (Lipinski definition) is 3. The molecule has 9 aromatic rings. The van der Waals surface area contributed by atoms with Gasteiger partial charge in [-0.2, -0.15) is 35.1 Å². The predicted octanol–water partition coefficient (Wildman–Crippen LogP) is 24.3. The van der Waals surface area contributed by atoms with Crippen molar-refractivity contribution in [3.63, 3.8) is 0 Å². The van der Waals surface area contributed by atoms with Crippen LogP contribution in [-0.2, 0) is 42.8 Å². The Morgan fingerprint density at radius 3 is 0.827 bits per heavy atom. The van der Waals surface area contributed by atoms with Gasteiger partial charge in [0.25, 0.3) is 11.8 Å². The Morgan fingerprint density at radius 2 is 0.622 bits per heavy atom. The minimum Gasteiger partial charge on any atom is -0.743 e. The van der Waals surface area contributed by atoms with Crippen molar-refractivity contribution in [1.29, 1.82) is 0 Å². The number of benzene rings is 9. The van der Waals surface area contributed by atoms with Crippen LogP contribution in [0.5, 0.6) is 0 Å². The van der Waals surface area contributed by atoms with E-state index in [4.69, 9.17) is 0 Å². The number of hydrogen-bond donors (Lipinski definition) is 0. The average molecular weight is 1440 g/mol. The Balaban J connectivity index is 0.000000171. The average Bonchev–Trinajstić information content (AvgIpc) is 1.49. The van der Waals surface area contributed by atoms with Crippen molar-refractivity contribution in [2.45, 2.75) is 183 Å². The molecule has 9 aromatic carbocycles. The van der Waals surface area contributed by atoms with Gasteiger partial charge in [-0.25, -0.2) is 26.0 Å². The minimum atomic E-state index is -5.49. The van der Waals surface area contributed by atoms with E-state index in [2.05, 4.69) is 267 Å². The predicted molar refractivity (Wildman–Crippen MR) is 370 cm³/mol. The molecule has 3 aliphatic carbocycles. The molecule has 0 amide bonds. The topological polar surface area (TPSA) is 57.2 Å². The van der Waals surface area contributed by atoms with Crippen LogP contribution >= 0.6 is 0 Å². The number of alkyl halides is 12. The van der Waals surface area contributed by atoms with Gasteiger partial charge in [-0.15, -0.1) is 0 Å². The van der Waals surface area contributed by atoms with Gasteiger partial charge >= 0.3 is 17.6 Å². The normalized spacial score (nSPS) is 16.4. The zero-order valence-electron chi connectivity index (χ0n) is 54.5. The summed E-state index contributed by atoms with van der Waals surface area (Å²) in [6.07, 6.45) is -5.39. The molecule has 3 atom stereocenters. The Morgan fingerprint density at radius 1 is 0.357 bits per heavy atom. The summed E-state index contributed by atoms with van der Waals surface area (Å²) in [4.78, 5) is 12.4. The maximum absolute atomic E-state index is 13.0. The van der Waals surface area contributed by atoms with Crippen LogP contribution in [0.3, 0.4) is 0 Å². The molecule has 522 valence electrons. The molecule has 98 heavy (non-hydrogen) atoms. The molecule has 3 unspecified atom stereocenters. The summed E-state index contributed by atoms with van der Waals surface area (Å²) in [5.74, 6) is -6.01. The lowest BCUT2D eigenvalue weighted by atomic mass is 9.84. The highest BCUT2D eigenvalue weighted by Gasteiger charge is 2.48. The maximum atomic E-state index is 13.0. The van der Waals surface area contributed by atoms with Gasteiger partial charge in [0.15, 0.2) is 54.2 Å². The van der Waals surface area contributed by atoms with Crippen molar-refractivity contribution in [3.05, 3.63) is 272 Å². The molecule has 0 aliphatic heterocycles. The highest BCUT2D eigenvalue weighted by Crippen LogP contribution is 2.52. The molecule has 3 fully saturated rings. The molecule has 2 bridgehead atoms. The van der Waals surface area contributed by atoms with Gasteiger partial charge in [-0.3, -0.25) is 0 Å². The fourth-order valence-corrected chi connectivity index (χ4v) is 18.6. The van der Waals surface area contributed by atoms with Gasteiger partial charge in [0.05, 0.1) is 32.7 Å². The first-order valence-electron chi connectivity index (χ1n) is 32.6. The van der Waals surface area contributed by atoms with Crippen molar-refractivity contribution >= 4 is 42.8 Å². The number of fused-ring (bicyclic) bond motifs is 2. The van der Waals surface area contributed by atoms with Gasteiger partial charge in [0.1, 0.15) is 12.8 Å². The Hall–Kier alpha value is -6.90. The van der Waals surface area contributed by atoms with Crippen molar-refractivity contribution in [2.24, 2.45) is 17.8 Å². The van der Waals surface area contributed by atoms with Gasteiger partial charge in [-0.05, 0) is 171 Å². The fourth-order valence-electron chi connectivity index (χ4n) is 11.9. The second-order valence-corrected chi connectivity index (χ2v) is 31.6. The quantitative estimate of drug-likeness (QED) is 0.0519. The van der Waals surface area contributed by atoms with Crippen LogP contribution in [0.2, 0.25) is 0 Å². The zero-order valence-corrected chi connectivity index (χ0v) is 57.8. The maximum Gasteiger partial charge on any atom is 0.394 e. The molecule has 3 nitrogen and oxygen atoms in total. The molecule has 0 saturated heterocycles. The van der Waals surface area contributed by atoms with Crippen LogP contribution in [0, 0.1) is 17.8 Å². The first kappa shape index (κ1) is 78.4. The minimum absolute atomic E-state index is 0.0146. The molecular formula is C79H82F12O3S4+2. The van der Waals surface area contributed by atoms with Gasteiger partial charge in [-0.1, -0.05) is 197 Å². The Labute approximate surface area is 578 Å². The summed E-state index contributed by atoms with van der Waals surface area (Å²) in [5.41, 5.74) is 1.54. The van der Waals surface area contributed by atoms with Crippen molar-refractivity contribution in [2.75, 3.05) is 0 Å². The van der Waals surface area contributed by atoms with E-state index in [1.807, 2.05) is 0 Å². The standard InChI is InChI=1S/C24H25S.2C18H15S.C9H14F2O3S.2C5H7F5/c1-4-10-20(11-5-1)21-16-18-24(19-17-21)25(22-12-6-2-7-13-22)23-14-8-3-9-15-23;2*1-4-10-16(11-5-1)19(17-12-6-2-7-13-17)18-14-8-3-9-15-18;10-9(11,15(12,13)14)5-8-4-6-1-2-7(8)3-6;2*1-2-4(6,7)3-5(8,9)10/h2-3,6-9,12-20H,1,4-5,10-11H2;2*1-15H;6-8H,1-5H2,(H,12,13,14);2*2-3H2,1H3/q3*+1;;;/p-1. The van der Waals surface area contributed by atoms with E-state index in [1.54, 1.807) is 0 Å². The van der Waals surface area contributed by atoms with Crippen molar-refractivity contribution in [1.82, 2.24) is 0 Å². The highest BCUT2D eigenvalue weighted by molar-refractivity contribution is 7.97. The summed E-state index contributed by atoms with van der Waals surface area (Å²) < 4.78 is 172. The van der Waals surface area contributed by atoms with Crippen molar-refractivity contribution < 1.29 is 65.7 Å². The van der Waals surface area contributed by atoms with Crippen LogP contribution in [0.25, 0.3) is 0 Å². The first-order valence-corrected chi connectivity index (χ1v) is 37.7. The fraction of sp³-hybridized carbons (Fsp3) is 0.316. The lowest BCUT2D eigenvalue weighted by Crippen LogP contribution is -2.32. The van der Waals surface area contributed by atoms with Gasteiger partial charge < -0.3 is 4.55 Å². The number of halogens is 12. The molecule has 0 spiro atoms. The van der Waals surface area contributed by atoms with Crippen LogP contribution in [0.4, 0.5) is 52.7 Å². The third-order valence-corrected chi connectivity index (χ3v) is 24.3. The Bertz CT molecular complexity index is 3410. The zero-order chi connectivity index (χ0) is 70.8. The lowest BCUT2D eigenvalue weighted by molar-refractivity contribution is -0.189. The molecule has 0 heterocycles. The summed E-state index contributed by atoms with van der Waals surface area (Å²) in [5, 5.41) is -4.08. The van der Waals surface area contributed by atoms with E-state index in [0.29, 0.717) is 12.3 Å². The second-order valence-electron chi connectivity index (χ2n) is 24.1. The summed E-state index contributed by atoms with van der Waals surface area (Å²) in [6.45, 7) is 2.04. The van der Waals surface area contributed by atoms with Gasteiger partial charge in [0.2, 0.25) is 0 Å². The molecule has 0 N–H and O–H groups in total. The van der Waals surface area contributed by atoms with E-state index in [9.17, 15) is 65.7 Å². The monoisotopic (exact) mass is 1430 g/mol. The second kappa shape index (κ2) is 37.5. The first-order chi connectivity index (χ1) is 46.6. The van der Waals surface area contributed by atoms with E-state index in [-0.39, 0.29) is 44.5 Å². The van der Waals surface area contributed by atoms with E-state index >= 15 is 0 Å². The smallest absolute Gasteiger partial charge is 0.394 e. The van der Waals surface area contributed by atoms with Gasteiger partial charge in [0, 0.05) is 19.3 Å². The number of rotatable bonds is 17. The third-order valence-electron chi connectivity index (χ3n) is 16.7. The van der Waals surface area contributed by atoms with E-state index in [1.165, 1.54) is 81.7 Å². The summed E-state index contributed by atoms with van der Waals surface area (Å²) in [7, 11) is -5.55. The van der Waals surface area contributed by atoms with E-state index in [0.717, 1.165) is 39.0 Å². The SMILES string of the molecule is CCC(F)(F)CC(F)(F)F.CCC(F)(F)CC(F)(F)F.O=S(=O)([O-])C(F)(F)CC1CC2CCC1C2.c1ccc([S+](c2ccccc2)c2ccc(C3CCCCC3)cc2)cc1.c1ccc([S+](c2ccccc2)c2ccccc2)cc1.c1ccc([S+](c2ccccc2)c2ccccc2)cc1. The molecule has 0 aromatic heterocycles. The highest BCUT2D eigenvalue weighted by atomic mass is 32.2. The molecule has 3 saturated carbocycles. The third kappa shape index (κ3) is 25.7. The molecular weight excluding hydrogens is 1350 g/mol. The largest absolute Gasteiger partial charge is 0.743 e. The lowest BCUT2D eigenvalue weighted by Gasteiger charge is -2.27. The Kier molecular flexibility index (Phi) is 30.0.